The van der Waals surface area contributed by atoms with E-state index in [4.69, 9.17) is 49.7 Å². The third kappa shape index (κ3) is 10.4. The van der Waals surface area contributed by atoms with Gasteiger partial charge in [-0.1, -0.05) is 35.3 Å². The quantitative estimate of drug-likeness (QED) is 0.0329. The number of hydrogen-bond acceptors (Lipinski definition) is 20. The van der Waals surface area contributed by atoms with Gasteiger partial charge in [0.15, 0.2) is 22.8 Å². The third-order valence-corrected chi connectivity index (χ3v) is 11.4. The van der Waals surface area contributed by atoms with Gasteiger partial charge in [0.1, 0.15) is 67.1 Å². The van der Waals surface area contributed by atoms with Crippen molar-refractivity contribution in [3.8, 4) is 23.0 Å². The molecule has 0 radical (unpaired) electrons. The molecule has 2 aliphatic heterocycles. The molecule has 3 heterocycles. The van der Waals surface area contributed by atoms with E-state index >= 15 is 0 Å². The smallest absolute Gasteiger partial charge is 0.744 e. The maximum absolute atomic E-state index is 12.6. The number of nitrogens with zero attached hydrogens (tertiary/aromatic N) is 5. The van der Waals surface area contributed by atoms with Gasteiger partial charge in [-0.3, -0.25) is 4.99 Å². The standard InChI is InChI=1S/C30H22Cl3N9O11S3.3Na/c31-18-21-25(19(32)20-24(18)52-22-14(37-20)7-6-12(34)26(22)55(46,47)48)53-23-15(38-21)8-9-16(27(23)56(49,50)51)35-10-3-11-36-29-40-28(33)41-30(42-29)39-13-4-1-2-5-17(13)54(43,44)45;;;/h1-2,4-9,37H,3,10-11,34H2,(H,43,44,45)(H,46,47,48)(H,49,50,51)(H2,36,39,40,41,42);;;/q;3*+1/p-3. The average Bonchev–Trinajstić information content (AvgIpc) is 3.10. The largest absolute Gasteiger partial charge is 1.00 e. The first-order valence-electron chi connectivity index (χ1n) is 15.4. The summed E-state index contributed by atoms with van der Waals surface area (Å²) in [6.45, 7) is 0.0811. The predicted octanol–water partition coefficient (Wildman–Crippen LogP) is -4.62. The molecular formula is C30H19Cl3N9Na3O11S3. The van der Waals surface area contributed by atoms with Crippen molar-refractivity contribution in [2.24, 2.45) is 4.99 Å². The van der Waals surface area contributed by atoms with Crippen molar-refractivity contribution < 1.29 is 137 Å². The van der Waals surface area contributed by atoms with E-state index in [0.717, 1.165) is 12.1 Å². The Balaban J connectivity index is 0.00000256. The summed E-state index contributed by atoms with van der Waals surface area (Å²) >= 11 is 19.3. The molecule has 0 fully saturated rings. The summed E-state index contributed by atoms with van der Waals surface area (Å²) < 4.78 is 120. The maximum atomic E-state index is 12.6. The molecule has 0 amide bonds. The molecule has 1 aliphatic carbocycles. The number of ether oxygens (including phenoxy) is 1. The summed E-state index contributed by atoms with van der Waals surface area (Å²) in [5, 5.41) is 7.21. The second kappa shape index (κ2) is 19.1. The van der Waals surface area contributed by atoms with Crippen molar-refractivity contribution in [3.05, 3.63) is 69.2 Å². The summed E-state index contributed by atoms with van der Waals surface area (Å²) in [4.78, 5) is 18.3. The number of benzene rings is 4. The molecule has 3 aromatic carbocycles. The van der Waals surface area contributed by atoms with E-state index in [9.17, 15) is 38.9 Å². The molecule has 292 valence electrons. The Morgan fingerprint density at radius 3 is 2.14 bits per heavy atom. The van der Waals surface area contributed by atoms with Crippen LogP contribution in [0.25, 0.3) is 22.6 Å². The van der Waals surface area contributed by atoms with Crippen LogP contribution in [0.2, 0.25) is 15.3 Å². The van der Waals surface area contributed by atoms with E-state index in [0.29, 0.717) is 0 Å². The Hall–Kier alpha value is -2.11. The molecule has 4 aromatic rings. The summed E-state index contributed by atoms with van der Waals surface area (Å²) in [6, 6.07) is 10.3. The van der Waals surface area contributed by atoms with Crippen LogP contribution < -0.4 is 120 Å². The molecule has 0 unspecified atom stereocenters. The number of rotatable bonds is 10. The Bertz CT molecular complexity index is 3020. The van der Waals surface area contributed by atoms with Gasteiger partial charge in [0.2, 0.25) is 17.2 Å². The van der Waals surface area contributed by atoms with Crippen LogP contribution in [0.3, 0.4) is 0 Å². The molecule has 7 rings (SSSR count). The first-order valence-corrected chi connectivity index (χ1v) is 20.7. The number of nitrogens with two attached hydrogens (primary N) is 1. The molecule has 0 saturated heterocycles. The van der Waals surface area contributed by atoms with Crippen LogP contribution >= 0.6 is 34.8 Å². The fourth-order valence-corrected chi connectivity index (χ4v) is 8.31. The molecule has 0 bridgehead atoms. The molecule has 29 heteroatoms. The molecular weight excluding hydrogens is 934 g/mol. The van der Waals surface area contributed by atoms with Gasteiger partial charge in [0, 0.05) is 13.1 Å². The van der Waals surface area contributed by atoms with Crippen molar-refractivity contribution in [2.45, 2.75) is 21.1 Å². The summed E-state index contributed by atoms with van der Waals surface area (Å²) in [7, 11) is -15.2. The molecule has 20 nitrogen and oxygen atoms in total. The van der Waals surface area contributed by atoms with Crippen LogP contribution in [0.15, 0.2) is 72.6 Å². The molecule has 0 spiro atoms. The maximum Gasteiger partial charge on any atom is 1.00 e. The van der Waals surface area contributed by atoms with Crippen molar-refractivity contribution in [1.82, 2.24) is 19.9 Å². The normalized spacial score (nSPS) is 12.5. The molecule has 1 aromatic heterocycles. The zero-order valence-electron chi connectivity index (χ0n) is 30.4. The average molecular weight is 953 g/mol. The first kappa shape index (κ1) is 49.5. The molecule has 3 aliphatic rings. The molecule has 0 saturated carbocycles. The molecule has 0 atom stereocenters. The van der Waals surface area contributed by atoms with Gasteiger partial charge in [0.05, 0.1) is 27.3 Å². The number of para-hydroxylation sites is 1. The zero-order valence-corrected chi connectivity index (χ0v) is 41.1. The monoisotopic (exact) mass is 951 g/mol. The van der Waals surface area contributed by atoms with Gasteiger partial charge in [-0.25, -0.2) is 30.2 Å². The Labute approximate surface area is 415 Å². The number of nitrogen functional groups attached to an aromatic ring is 1. The molecule has 59 heavy (non-hydrogen) atoms. The van der Waals surface area contributed by atoms with E-state index in [2.05, 4.69) is 40.9 Å². The van der Waals surface area contributed by atoms with Gasteiger partial charge < -0.3 is 44.5 Å². The minimum absolute atomic E-state index is 0. The van der Waals surface area contributed by atoms with Crippen molar-refractivity contribution in [2.75, 3.05) is 34.8 Å². The van der Waals surface area contributed by atoms with E-state index in [-0.39, 0.29) is 186 Å². The number of aromatic nitrogens is 4. The molecule has 5 N–H and O–H groups in total. The summed E-state index contributed by atoms with van der Waals surface area (Å²) in [6.07, 6.45) is 0.217. The first-order chi connectivity index (χ1) is 26.3. The van der Waals surface area contributed by atoms with Gasteiger partial charge in [-0.2, -0.15) is 15.0 Å². The van der Waals surface area contributed by atoms with Gasteiger partial charge in [-0.15, -0.1) is 0 Å². The SMILES string of the molecule is Nc1ccc2c(c1S(=O)(=O)[O-])Oc1c(c(Cl)c3oc4c(S(=O)(=O)[O-])c(=NCCCNc5nc(Cl)nc(Nc6ccccc6S(=O)(=O)[O-])n5)ccc-4nc3c1Cl)N2.[Na+].[Na+].[Na+]. The van der Waals surface area contributed by atoms with Gasteiger partial charge in [-0.05, 0) is 54.4 Å². The Kier molecular flexibility index (Phi) is 16.0. The van der Waals surface area contributed by atoms with Crippen LogP contribution in [0.1, 0.15) is 6.42 Å². The topological polar surface area (TPSA) is 320 Å². The summed E-state index contributed by atoms with van der Waals surface area (Å²) in [5.41, 5.74) is 4.56. The zero-order chi connectivity index (χ0) is 40.3. The minimum atomic E-state index is -5.28. The van der Waals surface area contributed by atoms with Crippen LogP contribution in [-0.4, -0.2) is 71.9 Å². The van der Waals surface area contributed by atoms with Crippen LogP contribution in [-0.2, 0) is 30.4 Å². The fourth-order valence-electron chi connectivity index (χ4n) is 5.50. The Morgan fingerprint density at radius 2 is 1.46 bits per heavy atom. The van der Waals surface area contributed by atoms with E-state index < -0.39 is 56.6 Å². The van der Waals surface area contributed by atoms with E-state index in [1.165, 1.54) is 36.4 Å². The number of nitrogens with one attached hydrogen (secondary N) is 3. The second-order valence-corrected chi connectivity index (χ2v) is 16.5. The van der Waals surface area contributed by atoms with E-state index in [1.807, 2.05) is 0 Å². The number of fused-ring (bicyclic) bond motifs is 4. The number of halogens is 3. The minimum Gasteiger partial charge on any atom is -0.744 e. The van der Waals surface area contributed by atoms with Crippen molar-refractivity contribution >= 4 is 111 Å². The van der Waals surface area contributed by atoms with Crippen molar-refractivity contribution in [3.63, 3.8) is 0 Å². The van der Waals surface area contributed by atoms with Crippen molar-refractivity contribution in [1.29, 1.82) is 0 Å². The number of hydrogen-bond donors (Lipinski definition) is 4. The third-order valence-electron chi connectivity index (χ3n) is 7.79. The Morgan fingerprint density at radius 1 is 0.780 bits per heavy atom. The van der Waals surface area contributed by atoms with Gasteiger partial charge >= 0.3 is 88.7 Å². The van der Waals surface area contributed by atoms with E-state index in [1.54, 1.807) is 0 Å². The fraction of sp³-hybridized carbons (Fsp3) is 0.100. The van der Waals surface area contributed by atoms with Crippen LogP contribution in [0.5, 0.6) is 11.5 Å². The van der Waals surface area contributed by atoms with Gasteiger partial charge in [0.25, 0.3) is 0 Å². The van der Waals surface area contributed by atoms with Crippen LogP contribution in [0, 0.1) is 0 Å². The second-order valence-electron chi connectivity index (χ2n) is 11.5. The van der Waals surface area contributed by atoms with Crippen LogP contribution in [0.4, 0.5) is 34.6 Å². The number of anilines is 6. The summed E-state index contributed by atoms with van der Waals surface area (Å²) in [5.74, 6) is -1.41. The predicted molar refractivity (Wildman–Crippen MR) is 197 cm³/mol.